The molecule has 0 aliphatic heterocycles. The van der Waals surface area contributed by atoms with E-state index in [1.165, 1.54) is 51.9 Å². The summed E-state index contributed by atoms with van der Waals surface area (Å²) >= 11 is 0. The molecule has 1 unspecified atom stereocenters. The van der Waals surface area contributed by atoms with Crippen LogP contribution in [0, 0.1) is 17.1 Å². The lowest BCUT2D eigenvalue weighted by Gasteiger charge is -2.30. The zero-order valence-electron chi connectivity index (χ0n) is 18.6. The first kappa shape index (κ1) is 24.7. The molecule has 0 fully saturated rings. The Kier molecular flexibility index (Phi) is 6.39. The van der Waals surface area contributed by atoms with Gasteiger partial charge < -0.3 is 15.0 Å². The molecular formula is C25H19F4N5O2. The highest BCUT2D eigenvalue weighted by molar-refractivity contribution is 5.93. The van der Waals surface area contributed by atoms with Crippen LogP contribution in [0.15, 0.2) is 73.6 Å². The van der Waals surface area contributed by atoms with Gasteiger partial charge in [-0.25, -0.2) is 9.07 Å². The number of nitrogens with zero attached hydrogens (tertiary/aromatic N) is 4. The number of nitrogens with one attached hydrogen (secondary N) is 1. The molecule has 0 saturated heterocycles. The van der Waals surface area contributed by atoms with Crippen LogP contribution in [0.5, 0.6) is 0 Å². The van der Waals surface area contributed by atoms with Gasteiger partial charge in [0.05, 0.1) is 23.5 Å². The number of aromatic nitrogens is 3. The van der Waals surface area contributed by atoms with Gasteiger partial charge in [-0.05, 0) is 48.0 Å². The predicted molar refractivity (Wildman–Crippen MR) is 123 cm³/mol. The average molecular weight is 497 g/mol. The third-order valence-corrected chi connectivity index (χ3v) is 5.67. The van der Waals surface area contributed by atoms with Crippen LogP contribution in [0.25, 0.3) is 16.6 Å². The molecule has 0 spiro atoms. The summed E-state index contributed by atoms with van der Waals surface area (Å²) in [4.78, 5) is 12.4. The molecule has 1 atom stereocenters. The number of allylic oxidation sites excluding steroid dienone is 1. The Labute approximate surface area is 202 Å². The largest absolute Gasteiger partial charge is 0.425 e. The zero-order valence-corrected chi connectivity index (χ0v) is 18.6. The Bertz CT molecular complexity index is 1480. The van der Waals surface area contributed by atoms with Crippen molar-refractivity contribution in [1.29, 1.82) is 5.26 Å². The number of hydrogen-bond acceptors (Lipinski definition) is 4. The van der Waals surface area contributed by atoms with Gasteiger partial charge in [0, 0.05) is 23.7 Å². The smallest absolute Gasteiger partial charge is 0.372 e. The van der Waals surface area contributed by atoms with Crippen molar-refractivity contribution in [3.63, 3.8) is 0 Å². The van der Waals surface area contributed by atoms with E-state index in [9.17, 15) is 27.5 Å². The van der Waals surface area contributed by atoms with E-state index in [4.69, 9.17) is 5.26 Å². The van der Waals surface area contributed by atoms with Crippen molar-refractivity contribution >= 4 is 16.8 Å². The summed E-state index contributed by atoms with van der Waals surface area (Å²) < 4.78 is 59.2. The minimum absolute atomic E-state index is 0.00722. The van der Waals surface area contributed by atoms with Crippen molar-refractivity contribution in [3.05, 3.63) is 96.2 Å². The van der Waals surface area contributed by atoms with E-state index in [1.807, 2.05) is 0 Å². The van der Waals surface area contributed by atoms with Crippen molar-refractivity contribution < 1.29 is 27.5 Å². The molecule has 2 aromatic heterocycles. The van der Waals surface area contributed by atoms with E-state index in [1.54, 1.807) is 6.07 Å². The van der Waals surface area contributed by atoms with Crippen LogP contribution in [0.1, 0.15) is 21.6 Å². The third-order valence-electron chi connectivity index (χ3n) is 5.67. The third kappa shape index (κ3) is 4.23. The number of rotatable bonds is 7. The molecule has 36 heavy (non-hydrogen) atoms. The van der Waals surface area contributed by atoms with Gasteiger partial charge in [0.1, 0.15) is 18.1 Å². The summed E-state index contributed by atoms with van der Waals surface area (Å²) in [6.45, 7) is 3.19. The number of nitriles is 1. The minimum Gasteiger partial charge on any atom is -0.372 e. The van der Waals surface area contributed by atoms with Crippen LogP contribution >= 0.6 is 0 Å². The lowest BCUT2D eigenvalue weighted by Crippen LogP contribution is -2.43. The number of carbonyl (C=O) groups excluding carboxylic acids is 1. The van der Waals surface area contributed by atoms with E-state index >= 15 is 0 Å². The highest BCUT2D eigenvalue weighted by atomic mass is 19.4. The lowest BCUT2D eigenvalue weighted by molar-refractivity contribution is -0.248. The summed E-state index contributed by atoms with van der Waals surface area (Å²) in [5.74, 6) is -1.22. The SMILES string of the molecule is C=CCn1cc(C(O)(c2ccc3c(cnn3-c3ccc(F)cc3)c2)C(F)(F)F)cc1C(=O)NCC#N. The number of amides is 1. The van der Waals surface area contributed by atoms with Crippen molar-refractivity contribution in [3.8, 4) is 11.8 Å². The Morgan fingerprint density at radius 3 is 2.53 bits per heavy atom. The first-order valence-corrected chi connectivity index (χ1v) is 10.6. The second-order valence-corrected chi connectivity index (χ2v) is 7.91. The quantitative estimate of drug-likeness (QED) is 0.227. The highest BCUT2D eigenvalue weighted by Gasteiger charge is 2.57. The Morgan fingerprint density at radius 1 is 1.17 bits per heavy atom. The fraction of sp³-hybridized carbons (Fsp3) is 0.160. The minimum atomic E-state index is -5.16. The first-order valence-electron chi connectivity index (χ1n) is 10.6. The number of fused-ring (bicyclic) bond motifs is 1. The van der Waals surface area contributed by atoms with Gasteiger partial charge in [0.2, 0.25) is 5.60 Å². The standard InChI is InChI=1S/C25H19F4N5O2/c1-2-11-33-15-18(13-22(33)23(35)31-10-9-30)24(36,25(27,28)29)17-3-8-21-16(12-17)14-32-34(21)20-6-4-19(26)5-7-20/h2-8,12-15,36H,1,10-11H2,(H,31,35). The van der Waals surface area contributed by atoms with Gasteiger partial charge in [-0.1, -0.05) is 12.1 Å². The summed E-state index contributed by atoms with van der Waals surface area (Å²) in [6, 6.07) is 11.7. The van der Waals surface area contributed by atoms with Crippen molar-refractivity contribution in [2.75, 3.05) is 6.54 Å². The molecule has 0 aliphatic carbocycles. The number of alkyl halides is 3. The molecule has 2 aromatic carbocycles. The van der Waals surface area contributed by atoms with E-state index in [2.05, 4.69) is 17.0 Å². The van der Waals surface area contributed by atoms with Gasteiger partial charge in [-0.15, -0.1) is 6.58 Å². The Balaban J connectivity index is 1.83. The average Bonchev–Trinajstić information content (AvgIpc) is 3.46. The summed E-state index contributed by atoms with van der Waals surface area (Å²) in [5, 5.41) is 26.6. The number of carbonyl (C=O) groups is 1. The molecule has 2 N–H and O–H groups in total. The number of hydrogen-bond donors (Lipinski definition) is 2. The fourth-order valence-electron chi connectivity index (χ4n) is 3.94. The monoisotopic (exact) mass is 497 g/mol. The molecule has 0 aliphatic rings. The summed E-state index contributed by atoms with van der Waals surface area (Å²) in [6.07, 6.45) is -1.41. The normalized spacial score (nSPS) is 13.2. The molecule has 0 saturated carbocycles. The molecule has 0 radical (unpaired) electrons. The second-order valence-electron chi connectivity index (χ2n) is 7.91. The van der Waals surface area contributed by atoms with E-state index < -0.39 is 34.6 Å². The van der Waals surface area contributed by atoms with Gasteiger partial charge in [0.15, 0.2) is 0 Å². The zero-order chi connectivity index (χ0) is 26.1. The highest BCUT2D eigenvalue weighted by Crippen LogP contribution is 2.45. The van der Waals surface area contributed by atoms with Crippen molar-refractivity contribution in [2.24, 2.45) is 0 Å². The molecule has 11 heteroatoms. The summed E-state index contributed by atoms with van der Waals surface area (Å²) in [7, 11) is 0. The maximum Gasteiger partial charge on any atom is 0.425 e. The molecule has 4 rings (SSSR count). The second kappa shape index (κ2) is 9.31. The maximum atomic E-state index is 14.4. The van der Waals surface area contributed by atoms with Crippen LogP contribution < -0.4 is 5.32 Å². The molecule has 2 heterocycles. The number of aliphatic hydroxyl groups is 1. The van der Waals surface area contributed by atoms with Crippen LogP contribution in [0.4, 0.5) is 17.6 Å². The molecule has 4 aromatic rings. The fourth-order valence-corrected chi connectivity index (χ4v) is 3.94. The van der Waals surface area contributed by atoms with Crippen LogP contribution in [-0.2, 0) is 12.1 Å². The van der Waals surface area contributed by atoms with Crippen molar-refractivity contribution in [2.45, 2.75) is 18.3 Å². The van der Waals surface area contributed by atoms with E-state index in [0.29, 0.717) is 16.6 Å². The van der Waals surface area contributed by atoms with Crippen LogP contribution in [0.2, 0.25) is 0 Å². The molecule has 7 nitrogen and oxygen atoms in total. The van der Waals surface area contributed by atoms with Gasteiger partial charge in [-0.3, -0.25) is 4.79 Å². The predicted octanol–water partition coefficient (Wildman–Crippen LogP) is 4.20. The van der Waals surface area contributed by atoms with E-state index in [-0.39, 0.29) is 18.8 Å². The van der Waals surface area contributed by atoms with E-state index in [0.717, 1.165) is 24.4 Å². The Hall–Kier alpha value is -4.43. The summed E-state index contributed by atoms with van der Waals surface area (Å²) in [5.41, 5.74) is -3.76. The van der Waals surface area contributed by atoms with Gasteiger partial charge in [0.25, 0.3) is 5.91 Å². The Morgan fingerprint density at radius 2 is 1.89 bits per heavy atom. The number of halogens is 4. The first-order chi connectivity index (χ1) is 17.1. The molecular weight excluding hydrogens is 478 g/mol. The molecule has 184 valence electrons. The molecule has 0 bridgehead atoms. The lowest BCUT2D eigenvalue weighted by atomic mass is 9.86. The van der Waals surface area contributed by atoms with Crippen LogP contribution in [0.3, 0.4) is 0 Å². The van der Waals surface area contributed by atoms with Gasteiger partial charge in [-0.2, -0.15) is 23.5 Å². The van der Waals surface area contributed by atoms with Gasteiger partial charge >= 0.3 is 6.18 Å². The maximum absolute atomic E-state index is 14.4. The van der Waals surface area contributed by atoms with Crippen LogP contribution in [-0.4, -0.2) is 38.1 Å². The molecule has 1 amide bonds. The number of benzene rings is 2. The topological polar surface area (TPSA) is 95.9 Å². The van der Waals surface area contributed by atoms with Crippen molar-refractivity contribution in [1.82, 2.24) is 19.7 Å².